The van der Waals surface area contributed by atoms with Gasteiger partial charge < -0.3 is 9.64 Å². The van der Waals surface area contributed by atoms with Crippen molar-refractivity contribution in [1.29, 1.82) is 0 Å². The van der Waals surface area contributed by atoms with Gasteiger partial charge in [0.1, 0.15) is 12.3 Å². The first-order chi connectivity index (χ1) is 8.94. The molecule has 4 nitrogen and oxygen atoms in total. The molecule has 0 radical (unpaired) electrons. The molecule has 1 aliphatic rings. The molecule has 0 atom stereocenters. The van der Waals surface area contributed by atoms with E-state index in [2.05, 4.69) is 17.0 Å². The van der Waals surface area contributed by atoms with Crippen LogP contribution < -0.4 is 0 Å². The van der Waals surface area contributed by atoms with Crippen LogP contribution in [0.2, 0.25) is 0 Å². The number of nitrogens with zero attached hydrogens (tertiary/aromatic N) is 2. The number of carbonyl (C=O) groups excluding carboxylic acids is 1. The molecule has 1 aromatic rings. The molecule has 1 aromatic carbocycles. The van der Waals surface area contributed by atoms with E-state index in [1.807, 2.05) is 45.2 Å². The van der Waals surface area contributed by atoms with Crippen LogP contribution in [0, 0.1) is 0 Å². The van der Waals surface area contributed by atoms with E-state index < -0.39 is 5.60 Å². The second-order valence-electron chi connectivity index (χ2n) is 5.62. The van der Waals surface area contributed by atoms with Gasteiger partial charge in [-0.15, -0.1) is 0 Å². The molecule has 19 heavy (non-hydrogen) atoms. The second-order valence-corrected chi connectivity index (χ2v) is 5.62. The lowest BCUT2D eigenvalue weighted by Gasteiger charge is -2.24. The Morgan fingerprint density at radius 2 is 1.89 bits per heavy atom. The third kappa shape index (κ3) is 4.02. The van der Waals surface area contributed by atoms with Crippen LogP contribution in [-0.2, 0) is 11.3 Å². The van der Waals surface area contributed by atoms with Crippen molar-refractivity contribution in [2.24, 2.45) is 0 Å². The van der Waals surface area contributed by atoms with Crippen molar-refractivity contribution in [3.63, 3.8) is 0 Å². The van der Waals surface area contributed by atoms with Crippen LogP contribution in [0.25, 0.3) is 0 Å². The van der Waals surface area contributed by atoms with E-state index in [1.165, 1.54) is 5.56 Å². The topological polar surface area (TPSA) is 32.8 Å². The summed E-state index contributed by atoms with van der Waals surface area (Å²) in [5, 5.41) is 0. The summed E-state index contributed by atoms with van der Waals surface area (Å²) in [4.78, 5) is 15.5. The fourth-order valence-electron chi connectivity index (χ4n) is 1.82. The van der Waals surface area contributed by atoms with Gasteiger partial charge in [-0.1, -0.05) is 30.3 Å². The zero-order valence-corrected chi connectivity index (χ0v) is 11.7. The van der Waals surface area contributed by atoms with Crippen molar-refractivity contribution in [1.82, 2.24) is 9.80 Å². The Hall–Kier alpha value is -1.97. The Labute approximate surface area is 114 Å². The number of rotatable bonds is 2. The fraction of sp³-hybridized carbons (Fsp3) is 0.400. The highest BCUT2D eigenvalue weighted by Crippen LogP contribution is 2.15. The molecule has 0 bridgehead atoms. The fourth-order valence-corrected chi connectivity index (χ4v) is 1.82. The van der Waals surface area contributed by atoms with Crippen LogP contribution in [0.4, 0.5) is 4.79 Å². The quantitative estimate of drug-likeness (QED) is 0.818. The van der Waals surface area contributed by atoms with E-state index in [0.717, 1.165) is 6.54 Å². The molecule has 0 saturated heterocycles. The van der Waals surface area contributed by atoms with Gasteiger partial charge >= 0.3 is 6.09 Å². The summed E-state index contributed by atoms with van der Waals surface area (Å²) in [6.45, 7) is 6.92. The minimum Gasteiger partial charge on any atom is -0.443 e. The standard InChI is InChI=1S/C15H20N2O2/c1-15(2,3)19-14(18)17-10-9-16(12-17)11-13-7-5-4-6-8-13/h4-10H,11-12H2,1-3H3. The molecule has 102 valence electrons. The Balaban J connectivity index is 1.87. The van der Waals surface area contributed by atoms with E-state index in [1.54, 1.807) is 11.1 Å². The molecular formula is C15H20N2O2. The minimum absolute atomic E-state index is 0.306. The van der Waals surface area contributed by atoms with E-state index >= 15 is 0 Å². The molecule has 4 heteroatoms. The van der Waals surface area contributed by atoms with Gasteiger partial charge in [0, 0.05) is 18.9 Å². The van der Waals surface area contributed by atoms with Gasteiger partial charge in [-0.2, -0.15) is 0 Å². The highest BCUT2D eigenvalue weighted by molar-refractivity contribution is 5.69. The first kappa shape index (κ1) is 13.5. The summed E-state index contributed by atoms with van der Waals surface area (Å²) < 4.78 is 5.33. The average Bonchev–Trinajstić information content (AvgIpc) is 2.77. The molecule has 0 fully saturated rings. The van der Waals surface area contributed by atoms with Gasteiger partial charge in [0.2, 0.25) is 0 Å². The maximum absolute atomic E-state index is 11.9. The number of carbonyl (C=O) groups is 1. The summed E-state index contributed by atoms with van der Waals surface area (Å²) in [7, 11) is 0. The number of amides is 1. The molecular weight excluding hydrogens is 240 g/mol. The summed E-state index contributed by atoms with van der Waals surface area (Å²) in [6, 6.07) is 10.2. The van der Waals surface area contributed by atoms with Crippen LogP contribution in [0.5, 0.6) is 0 Å². The highest BCUT2D eigenvalue weighted by Gasteiger charge is 2.24. The largest absolute Gasteiger partial charge is 0.443 e. The van der Waals surface area contributed by atoms with Gasteiger partial charge in [0.05, 0.1) is 0 Å². The van der Waals surface area contributed by atoms with Crippen LogP contribution in [0.15, 0.2) is 42.7 Å². The number of benzene rings is 1. The smallest absolute Gasteiger partial charge is 0.415 e. The Morgan fingerprint density at radius 1 is 1.21 bits per heavy atom. The van der Waals surface area contributed by atoms with Crippen LogP contribution in [0.1, 0.15) is 26.3 Å². The summed E-state index contributed by atoms with van der Waals surface area (Å²) in [5.74, 6) is 0. The molecule has 0 aliphatic carbocycles. The molecule has 2 rings (SSSR count). The maximum atomic E-state index is 11.9. The first-order valence-corrected chi connectivity index (χ1v) is 6.40. The summed E-state index contributed by atoms with van der Waals surface area (Å²) >= 11 is 0. The second kappa shape index (κ2) is 5.34. The monoisotopic (exact) mass is 260 g/mol. The third-order valence-corrected chi connectivity index (χ3v) is 2.65. The van der Waals surface area contributed by atoms with Crippen molar-refractivity contribution < 1.29 is 9.53 Å². The Kier molecular flexibility index (Phi) is 3.79. The number of hydrogen-bond acceptors (Lipinski definition) is 3. The average molecular weight is 260 g/mol. The van der Waals surface area contributed by atoms with Gasteiger partial charge in [0.25, 0.3) is 0 Å². The van der Waals surface area contributed by atoms with Crippen molar-refractivity contribution in [3.05, 3.63) is 48.3 Å². The van der Waals surface area contributed by atoms with Crippen molar-refractivity contribution in [2.75, 3.05) is 6.67 Å². The Bertz CT molecular complexity index is 463. The SMILES string of the molecule is CC(C)(C)OC(=O)N1C=CN(Cc2ccccc2)C1. The molecule has 0 aromatic heterocycles. The minimum atomic E-state index is -0.461. The third-order valence-electron chi connectivity index (χ3n) is 2.65. The van der Waals surface area contributed by atoms with Crippen LogP contribution in [-0.4, -0.2) is 28.2 Å². The van der Waals surface area contributed by atoms with Gasteiger partial charge in [0.15, 0.2) is 0 Å². The molecule has 0 spiro atoms. The lowest BCUT2D eigenvalue weighted by Crippen LogP contribution is -2.35. The molecule has 0 unspecified atom stereocenters. The molecule has 1 heterocycles. The first-order valence-electron chi connectivity index (χ1n) is 6.40. The summed E-state index contributed by atoms with van der Waals surface area (Å²) in [6.07, 6.45) is 3.37. The Morgan fingerprint density at radius 3 is 2.53 bits per heavy atom. The van der Waals surface area contributed by atoms with E-state index in [-0.39, 0.29) is 6.09 Å². The van der Waals surface area contributed by atoms with E-state index in [4.69, 9.17) is 4.74 Å². The highest BCUT2D eigenvalue weighted by atomic mass is 16.6. The zero-order valence-electron chi connectivity index (χ0n) is 11.7. The number of hydrogen-bond donors (Lipinski definition) is 0. The molecule has 0 saturated carbocycles. The van der Waals surface area contributed by atoms with Gasteiger partial charge in [-0.3, -0.25) is 4.90 Å². The lowest BCUT2D eigenvalue weighted by atomic mass is 10.2. The van der Waals surface area contributed by atoms with Crippen LogP contribution >= 0.6 is 0 Å². The van der Waals surface area contributed by atoms with Crippen molar-refractivity contribution in [3.8, 4) is 0 Å². The van der Waals surface area contributed by atoms with Crippen molar-refractivity contribution in [2.45, 2.75) is 32.9 Å². The normalized spacial score (nSPS) is 14.9. The van der Waals surface area contributed by atoms with E-state index in [9.17, 15) is 4.79 Å². The van der Waals surface area contributed by atoms with Gasteiger partial charge in [-0.25, -0.2) is 4.79 Å². The molecule has 1 amide bonds. The molecule has 1 aliphatic heterocycles. The van der Waals surface area contributed by atoms with Gasteiger partial charge in [-0.05, 0) is 26.3 Å². The number of ether oxygens (including phenoxy) is 1. The predicted octanol–water partition coefficient (Wildman–Crippen LogP) is 3.17. The lowest BCUT2D eigenvalue weighted by molar-refractivity contribution is 0.0304. The van der Waals surface area contributed by atoms with Crippen LogP contribution in [0.3, 0.4) is 0 Å². The predicted molar refractivity (Wildman–Crippen MR) is 74.1 cm³/mol. The molecule has 0 N–H and O–H groups in total. The van der Waals surface area contributed by atoms with E-state index in [0.29, 0.717) is 6.67 Å². The maximum Gasteiger partial charge on any atom is 0.415 e. The summed E-state index contributed by atoms with van der Waals surface area (Å²) in [5.41, 5.74) is 0.760. The van der Waals surface area contributed by atoms with Crippen molar-refractivity contribution >= 4 is 6.09 Å². The zero-order chi connectivity index (χ0) is 13.9.